The van der Waals surface area contributed by atoms with Gasteiger partial charge in [-0.25, -0.2) is 0 Å². The summed E-state index contributed by atoms with van der Waals surface area (Å²) in [6.07, 6.45) is 26.8. The molecule has 0 rings (SSSR count). The monoisotopic (exact) mass is 370 g/mol. The van der Waals surface area contributed by atoms with Gasteiger partial charge < -0.3 is 16.0 Å². The minimum absolute atomic E-state index is 0.708. The molecule has 0 atom stereocenters. The molecule has 26 heavy (non-hydrogen) atoms. The maximum Gasteiger partial charge on any atom is 0.0749 e. The first kappa shape index (κ1) is 27.8. The van der Waals surface area contributed by atoms with E-state index in [1.54, 1.807) is 0 Å². The van der Waals surface area contributed by atoms with Gasteiger partial charge in [0.25, 0.3) is 0 Å². The van der Waals surface area contributed by atoms with Crippen LogP contribution >= 0.6 is 0 Å². The van der Waals surface area contributed by atoms with Crippen molar-refractivity contribution in [2.24, 2.45) is 0 Å². The molecule has 3 heteroatoms. The number of unbranched alkanes of at least 4 members (excludes halogenated alkanes) is 13. The summed E-state index contributed by atoms with van der Waals surface area (Å²) in [5, 5.41) is 12.6. The average Bonchev–Trinajstić information content (AvgIpc) is 2.65. The van der Waals surface area contributed by atoms with Gasteiger partial charge in [0, 0.05) is 0 Å². The molecule has 0 aromatic carbocycles. The van der Waals surface area contributed by atoms with E-state index in [2.05, 4.69) is 24.4 Å². The van der Waals surface area contributed by atoms with E-state index in [1.807, 2.05) is 14.0 Å². The van der Waals surface area contributed by atoms with Crippen molar-refractivity contribution in [1.29, 1.82) is 0 Å². The quantitative estimate of drug-likeness (QED) is 0.164. The second-order valence-corrected chi connectivity index (χ2v) is 7.35. The predicted molar refractivity (Wildman–Crippen MR) is 118 cm³/mol. The lowest BCUT2D eigenvalue weighted by atomic mass is 10.1. The van der Waals surface area contributed by atoms with Gasteiger partial charge in [0.15, 0.2) is 0 Å². The van der Waals surface area contributed by atoms with Gasteiger partial charge in [0.1, 0.15) is 0 Å². The summed E-state index contributed by atoms with van der Waals surface area (Å²) in [5.74, 6) is 0. The highest BCUT2D eigenvalue weighted by Crippen LogP contribution is 2.10. The largest absolute Gasteiger partial charge is 0.636 e. The van der Waals surface area contributed by atoms with Crippen LogP contribution in [0.25, 0.3) is 0 Å². The van der Waals surface area contributed by atoms with Gasteiger partial charge in [-0.15, -0.1) is 0 Å². The van der Waals surface area contributed by atoms with E-state index < -0.39 is 0 Å². The fraction of sp³-hybridized carbons (Fsp3) is 0.913. The molecule has 3 nitrogen and oxygen atoms in total. The lowest BCUT2D eigenvalue weighted by Gasteiger charge is -2.01. The van der Waals surface area contributed by atoms with Gasteiger partial charge in [-0.05, 0) is 52.1 Å². The Balaban J connectivity index is 0. The molecule has 0 saturated carbocycles. The molecule has 0 radical (unpaired) electrons. The number of hydroxylamine groups is 1. The maximum atomic E-state index is 9.40. The first-order chi connectivity index (χ1) is 12.8. The van der Waals surface area contributed by atoms with Crippen molar-refractivity contribution in [3.8, 4) is 0 Å². The highest BCUT2D eigenvalue weighted by atomic mass is 16.5. The van der Waals surface area contributed by atoms with E-state index in [1.165, 1.54) is 103 Å². The summed E-state index contributed by atoms with van der Waals surface area (Å²) in [5.41, 5.74) is 0.931. The van der Waals surface area contributed by atoms with Gasteiger partial charge in [0.05, 0.1) is 6.54 Å². The summed E-state index contributed by atoms with van der Waals surface area (Å²) in [7, 11) is 2.04. The number of hydrogen-bond acceptors (Lipinski definition) is 2. The number of hydrogen-bond donors (Lipinski definition) is 2. The van der Waals surface area contributed by atoms with Crippen molar-refractivity contribution in [1.82, 2.24) is 5.32 Å². The normalized spacial score (nSPS) is 10.9. The molecular weight excluding hydrogens is 320 g/mol. The third kappa shape index (κ3) is 31.4. The topological polar surface area (TPSA) is 51.7 Å². The standard InChI is InChI=1S/C20H41N.C3H9NO/c1-3-4-5-6-7-8-9-10-11-12-13-14-15-16-17-18-19-20-21-2;1-2-3-4-5/h10-11,21H,3-9,12-20H2,1-2H3;2-4H2,1H3/b11-10-;. The fourth-order valence-electron chi connectivity index (χ4n) is 2.84. The molecule has 0 amide bonds. The first-order valence-corrected chi connectivity index (χ1v) is 11.6. The number of quaternary nitrogens is 1. The number of rotatable bonds is 19. The predicted octanol–water partition coefficient (Wildman–Crippen LogP) is 6.09. The van der Waals surface area contributed by atoms with Crippen LogP contribution in [-0.2, 0) is 0 Å². The second-order valence-electron chi connectivity index (χ2n) is 7.35. The summed E-state index contributed by atoms with van der Waals surface area (Å²) < 4.78 is 0. The van der Waals surface area contributed by atoms with E-state index in [0.717, 1.165) is 11.9 Å². The van der Waals surface area contributed by atoms with Crippen molar-refractivity contribution in [3.63, 3.8) is 0 Å². The fourth-order valence-corrected chi connectivity index (χ4v) is 2.84. The van der Waals surface area contributed by atoms with Gasteiger partial charge in [-0.2, -0.15) is 0 Å². The first-order valence-electron chi connectivity index (χ1n) is 11.6. The van der Waals surface area contributed by atoms with E-state index in [9.17, 15) is 5.21 Å². The van der Waals surface area contributed by atoms with Crippen molar-refractivity contribution in [3.05, 3.63) is 17.4 Å². The second kappa shape index (κ2) is 29.4. The minimum Gasteiger partial charge on any atom is -0.636 e. The smallest absolute Gasteiger partial charge is 0.0749 e. The Labute approximate surface area is 165 Å². The highest BCUT2D eigenvalue weighted by molar-refractivity contribution is 4.81. The summed E-state index contributed by atoms with van der Waals surface area (Å²) >= 11 is 0. The Kier molecular flexibility index (Phi) is 31.5. The molecule has 0 aliphatic heterocycles. The Morgan fingerprint density at radius 2 is 1.12 bits per heavy atom. The van der Waals surface area contributed by atoms with Crippen LogP contribution in [0.2, 0.25) is 0 Å². The van der Waals surface area contributed by atoms with Crippen molar-refractivity contribution in [2.45, 2.75) is 117 Å². The van der Waals surface area contributed by atoms with Gasteiger partial charge >= 0.3 is 0 Å². The third-order valence-corrected chi connectivity index (χ3v) is 4.60. The number of allylic oxidation sites excluding steroid dienone is 2. The van der Waals surface area contributed by atoms with E-state index in [-0.39, 0.29) is 0 Å². The van der Waals surface area contributed by atoms with Crippen LogP contribution in [0.4, 0.5) is 0 Å². The van der Waals surface area contributed by atoms with Crippen LogP contribution in [0.5, 0.6) is 0 Å². The Morgan fingerprint density at radius 1 is 0.654 bits per heavy atom. The lowest BCUT2D eigenvalue weighted by Crippen LogP contribution is -2.77. The van der Waals surface area contributed by atoms with Crippen molar-refractivity contribution >= 4 is 0 Å². The summed E-state index contributed by atoms with van der Waals surface area (Å²) in [4.78, 5) is 0. The third-order valence-electron chi connectivity index (χ3n) is 4.60. The van der Waals surface area contributed by atoms with Crippen LogP contribution in [-0.4, -0.2) is 20.1 Å². The van der Waals surface area contributed by atoms with E-state index in [4.69, 9.17) is 0 Å². The highest BCUT2D eigenvalue weighted by Gasteiger charge is 1.91. The maximum absolute atomic E-state index is 9.40. The van der Waals surface area contributed by atoms with Crippen molar-refractivity contribution in [2.75, 3.05) is 20.1 Å². The van der Waals surface area contributed by atoms with Crippen LogP contribution in [0, 0.1) is 5.21 Å². The van der Waals surface area contributed by atoms with Crippen LogP contribution in [0.3, 0.4) is 0 Å². The molecule has 0 unspecified atom stereocenters. The van der Waals surface area contributed by atoms with Gasteiger partial charge in [-0.1, -0.05) is 90.2 Å². The Morgan fingerprint density at radius 3 is 1.50 bits per heavy atom. The van der Waals surface area contributed by atoms with Gasteiger partial charge in [0.2, 0.25) is 0 Å². The molecule has 0 aromatic heterocycles. The average molecular weight is 371 g/mol. The zero-order valence-electron chi connectivity index (χ0n) is 18.4. The minimum atomic E-state index is 0.708. The molecule has 0 aromatic rings. The molecule has 0 bridgehead atoms. The zero-order chi connectivity index (χ0) is 19.6. The van der Waals surface area contributed by atoms with Crippen molar-refractivity contribution < 1.29 is 5.48 Å². The van der Waals surface area contributed by atoms with Crippen LogP contribution in [0.1, 0.15) is 117 Å². The Bertz CT molecular complexity index is 242. The molecule has 0 aliphatic rings. The van der Waals surface area contributed by atoms with E-state index >= 15 is 0 Å². The van der Waals surface area contributed by atoms with Crippen LogP contribution in [0.15, 0.2) is 12.2 Å². The molecule has 0 saturated heterocycles. The molecule has 0 heterocycles. The molecule has 3 N–H and O–H groups in total. The number of nitrogens with two attached hydrogens (primary N) is 1. The van der Waals surface area contributed by atoms with Gasteiger partial charge in [-0.3, -0.25) is 0 Å². The molecular formula is C23H50N2O. The van der Waals surface area contributed by atoms with E-state index in [0.29, 0.717) is 6.54 Å². The zero-order valence-corrected chi connectivity index (χ0v) is 18.4. The number of nitrogens with one attached hydrogen (secondary N) is 1. The molecule has 0 fully saturated rings. The SMILES string of the molecule is CCCCCCCC/C=C\CCCCCCCCCNC.CCC[NH2+][O-]. The molecule has 0 aliphatic carbocycles. The Hall–Kier alpha value is -0.380. The summed E-state index contributed by atoms with van der Waals surface area (Å²) in [6.45, 7) is 6.16. The molecule has 158 valence electrons. The lowest BCUT2D eigenvalue weighted by molar-refractivity contribution is -0.588. The summed E-state index contributed by atoms with van der Waals surface area (Å²) in [6, 6.07) is 0. The van der Waals surface area contributed by atoms with Crippen LogP contribution < -0.4 is 10.8 Å². The molecule has 0 spiro atoms.